The number of amides is 1. The van der Waals surface area contributed by atoms with Gasteiger partial charge in [-0.05, 0) is 58.8 Å². The Hall–Kier alpha value is -1.13. The largest absolute Gasteiger partial charge is 0.366 e. The predicted molar refractivity (Wildman–Crippen MR) is 85.6 cm³/mol. The first-order valence-corrected chi connectivity index (χ1v) is 8.28. The minimum atomic E-state index is -1.26. The van der Waals surface area contributed by atoms with E-state index in [4.69, 9.17) is 4.99 Å². The van der Waals surface area contributed by atoms with E-state index in [0.29, 0.717) is 18.4 Å². The molecule has 124 valence electrons. The highest BCUT2D eigenvalue weighted by molar-refractivity contribution is 5.98. The molecule has 0 aromatic carbocycles. The summed E-state index contributed by atoms with van der Waals surface area (Å²) in [6, 6.07) is -0.424. The topological polar surface area (TPSA) is 53.5 Å². The summed E-state index contributed by atoms with van der Waals surface area (Å²) in [5, 5.41) is 6.32. The quantitative estimate of drug-likeness (QED) is 0.820. The van der Waals surface area contributed by atoms with Gasteiger partial charge in [0.15, 0.2) is 6.04 Å². The molecule has 1 amide bonds. The van der Waals surface area contributed by atoms with E-state index in [0.717, 1.165) is 5.84 Å². The van der Waals surface area contributed by atoms with Crippen molar-refractivity contribution < 1.29 is 9.18 Å². The molecule has 2 bridgehead atoms. The number of amidine groups is 1. The van der Waals surface area contributed by atoms with Crippen molar-refractivity contribution in [3.8, 4) is 0 Å². The van der Waals surface area contributed by atoms with Crippen molar-refractivity contribution in [2.45, 2.75) is 77.6 Å². The first kappa shape index (κ1) is 15.8. The molecule has 3 saturated carbocycles. The molecule has 0 saturated heterocycles. The Kier molecular flexibility index (Phi) is 3.19. The van der Waals surface area contributed by atoms with Gasteiger partial charge in [-0.15, -0.1) is 0 Å². The molecule has 5 heteroatoms. The normalized spacial score (nSPS) is 38.5. The zero-order chi connectivity index (χ0) is 16.4. The summed E-state index contributed by atoms with van der Waals surface area (Å²) in [5.41, 5.74) is -0.906. The Morgan fingerprint density at radius 2 is 1.95 bits per heavy atom. The van der Waals surface area contributed by atoms with Crippen LogP contribution in [0, 0.1) is 10.8 Å². The number of carbonyl (C=O) groups is 1. The number of hydrogen-bond acceptors (Lipinski definition) is 3. The predicted octanol–water partition coefficient (Wildman–Crippen LogP) is 2.58. The number of halogens is 1. The average molecular weight is 309 g/mol. The summed E-state index contributed by atoms with van der Waals surface area (Å²) in [5.74, 6) is 0.918. The lowest BCUT2D eigenvalue weighted by atomic mass is 9.35. The third kappa shape index (κ3) is 2.52. The molecule has 3 fully saturated rings. The Bertz CT molecular complexity index is 513. The lowest BCUT2D eigenvalue weighted by molar-refractivity contribution is -0.139. The van der Waals surface area contributed by atoms with E-state index >= 15 is 0 Å². The molecule has 0 radical (unpaired) electrons. The van der Waals surface area contributed by atoms with Crippen molar-refractivity contribution in [3.63, 3.8) is 0 Å². The van der Waals surface area contributed by atoms with E-state index < -0.39 is 11.7 Å². The van der Waals surface area contributed by atoms with Gasteiger partial charge >= 0.3 is 0 Å². The maximum absolute atomic E-state index is 13.5. The van der Waals surface area contributed by atoms with Crippen LogP contribution in [-0.2, 0) is 4.79 Å². The van der Waals surface area contributed by atoms with E-state index in [9.17, 15) is 9.18 Å². The molecule has 0 unspecified atom stereocenters. The number of nitrogens with one attached hydrogen (secondary N) is 2. The highest BCUT2D eigenvalue weighted by Crippen LogP contribution is 2.73. The lowest BCUT2D eigenvalue weighted by Crippen LogP contribution is -2.67. The van der Waals surface area contributed by atoms with Gasteiger partial charge in [0.05, 0.1) is 5.54 Å². The van der Waals surface area contributed by atoms with Gasteiger partial charge in [-0.3, -0.25) is 9.79 Å². The van der Waals surface area contributed by atoms with Gasteiger partial charge in [-0.2, -0.15) is 0 Å². The van der Waals surface area contributed by atoms with Gasteiger partial charge in [0.1, 0.15) is 11.5 Å². The molecule has 4 nitrogen and oxygen atoms in total. The fourth-order valence-corrected chi connectivity index (χ4v) is 4.48. The van der Waals surface area contributed by atoms with Crippen LogP contribution in [0.25, 0.3) is 0 Å². The first-order valence-electron chi connectivity index (χ1n) is 8.28. The van der Waals surface area contributed by atoms with E-state index in [1.165, 1.54) is 33.1 Å². The van der Waals surface area contributed by atoms with Crippen molar-refractivity contribution in [1.82, 2.24) is 10.6 Å². The monoisotopic (exact) mass is 309 g/mol. The molecule has 4 rings (SSSR count). The second-order valence-electron chi connectivity index (χ2n) is 9.11. The van der Waals surface area contributed by atoms with Crippen LogP contribution in [0.2, 0.25) is 0 Å². The minimum Gasteiger partial charge on any atom is -0.366 e. The van der Waals surface area contributed by atoms with Crippen LogP contribution in [0.3, 0.4) is 0 Å². The summed E-state index contributed by atoms with van der Waals surface area (Å²) in [6.45, 7) is 9.75. The summed E-state index contributed by atoms with van der Waals surface area (Å²) >= 11 is 0. The summed E-state index contributed by atoms with van der Waals surface area (Å²) in [4.78, 5) is 17.1. The SMILES string of the molecule is CC(C)(F)CCNC(=O)[C@@H]1N=C(C23CC(C)(C2)C3)NC1(C)C. The standard InChI is InChI=1S/C17H28FN3O/c1-14(2,18)6-7-19-12(22)11-15(3,4)21-13(20-11)17-8-16(5,9-17)10-17/h11H,6-10H2,1-5H3,(H,19,22)(H,20,21)/t11-,16?,17?/m0/s1. The highest BCUT2D eigenvalue weighted by Gasteiger charge is 2.68. The average Bonchev–Trinajstić information content (AvgIpc) is 2.57. The first-order chi connectivity index (χ1) is 9.95. The summed E-state index contributed by atoms with van der Waals surface area (Å²) in [6.07, 6.45) is 3.88. The Morgan fingerprint density at radius 3 is 2.45 bits per heavy atom. The van der Waals surface area contributed by atoms with E-state index in [2.05, 4.69) is 17.6 Å². The number of nitrogens with zero attached hydrogens (tertiary/aromatic N) is 1. The number of hydrogen-bond donors (Lipinski definition) is 2. The Balaban J connectivity index is 1.62. The van der Waals surface area contributed by atoms with E-state index in [-0.39, 0.29) is 16.9 Å². The van der Waals surface area contributed by atoms with Gasteiger partial charge in [0.2, 0.25) is 5.91 Å². The van der Waals surface area contributed by atoms with Crippen LogP contribution >= 0.6 is 0 Å². The molecule has 2 N–H and O–H groups in total. The summed E-state index contributed by atoms with van der Waals surface area (Å²) in [7, 11) is 0. The molecule has 0 aromatic heterocycles. The third-order valence-corrected chi connectivity index (χ3v) is 5.45. The molecule has 3 aliphatic carbocycles. The summed E-state index contributed by atoms with van der Waals surface area (Å²) < 4.78 is 13.5. The zero-order valence-corrected chi connectivity index (χ0v) is 14.3. The van der Waals surface area contributed by atoms with Gasteiger partial charge in [0.25, 0.3) is 0 Å². The molecule has 22 heavy (non-hydrogen) atoms. The van der Waals surface area contributed by atoms with E-state index in [1.54, 1.807) is 0 Å². The zero-order valence-electron chi connectivity index (χ0n) is 14.3. The second kappa shape index (κ2) is 4.45. The van der Waals surface area contributed by atoms with Crippen LogP contribution < -0.4 is 10.6 Å². The molecular weight excluding hydrogens is 281 g/mol. The van der Waals surface area contributed by atoms with Crippen LogP contribution in [0.1, 0.15) is 60.3 Å². The van der Waals surface area contributed by atoms with Crippen LogP contribution in [0.5, 0.6) is 0 Å². The van der Waals surface area contributed by atoms with Gasteiger partial charge in [-0.25, -0.2) is 4.39 Å². The minimum absolute atomic E-state index is 0.102. The van der Waals surface area contributed by atoms with Crippen molar-refractivity contribution >= 4 is 11.7 Å². The molecule has 0 aromatic rings. The Labute approximate surface area is 132 Å². The molecule has 1 heterocycles. The van der Waals surface area contributed by atoms with Gasteiger partial charge in [0, 0.05) is 12.0 Å². The third-order valence-electron chi connectivity index (χ3n) is 5.45. The fraction of sp³-hybridized carbons (Fsp3) is 0.882. The number of rotatable bonds is 5. The van der Waals surface area contributed by atoms with E-state index in [1.807, 2.05) is 13.8 Å². The van der Waals surface area contributed by atoms with Crippen molar-refractivity contribution in [2.75, 3.05) is 6.54 Å². The fourth-order valence-electron chi connectivity index (χ4n) is 4.48. The second-order valence-corrected chi connectivity index (χ2v) is 9.11. The highest BCUT2D eigenvalue weighted by atomic mass is 19.1. The van der Waals surface area contributed by atoms with Crippen molar-refractivity contribution in [1.29, 1.82) is 0 Å². The maximum atomic E-state index is 13.5. The van der Waals surface area contributed by atoms with Crippen LogP contribution in [0.4, 0.5) is 4.39 Å². The number of carbonyl (C=O) groups excluding carboxylic acids is 1. The number of aliphatic imine (C=N–C) groups is 1. The number of alkyl halides is 1. The van der Waals surface area contributed by atoms with Crippen molar-refractivity contribution in [2.24, 2.45) is 15.8 Å². The molecule has 0 spiro atoms. The molecule has 1 atom stereocenters. The smallest absolute Gasteiger partial charge is 0.247 e. The van der Waals surface area contributed by atoms with Crippen LogP contribution in [-0.4, -0.2) is 35.5 Å². The van der Waals surface area contributed by atoms with Crippen LogP contribution in [0.15, 0.2) is 4.99 Å². The van der Waals surface area contributed by atoms with Gasteiger partial charge < -0.3 is 10.6 Å². The lowest BCUT2D eigenvalue weighted by Gasteiger charge is -2.69. The molecule has 1 aliphatic heterocycles. The van der Waals surface area contributed by atoms with Crippen molar-refractivity contribution in [3.05, 3.63) is 0 Å². The molecule has 4 aliphatic rings. The Morgan fingerprint density at radius 1 is 1.36 bits per heavy atom. The van der Waals surface area contributed by atoms with Gasteiger partial charge in [-0.1, -0.05) is 6.92 Å². The molecular formula is C17H28FN3O. The maximum Gasteiger partial charge on any atom is 0.247 e.